The van der Waals surface area contributed by atoms with E-state index in [2.05, 4.69) is 15.3 Å². The van der Waals surface area contributed by atoms with Crippen LogP contribution in [0.2, 0.25) is 0 Å². The van der Waals surface area contributed by atoms with Crippen LogP contribution in [0.1, 0.15) is 34.5 Å². The first-order valence-corrected chi connectivity index (χ1v) is 10.8. The Morgan fingerprint density at radius 3 is 2.84 bits per heavy atom. The molecule has 2 aromatic rings. The Bertz CT molecular complexity index is 1040. The van der Waals surface area contributed by atoms with Gasteiger partial charge in [0, 0.05) is 41.1 Å². The van der Waals surface area contributed by atoms with Crippen molar-refractivity contribution in [2.45, 2.75) is 24.5 Å². The number of amidine groups is 1. The van der Waals surface area contributed by atoms with Crippen LogP contribution in [0.3, 0.4) is 0 Å². The average Bonchev–Trinajstić information content (AvgIpc) is 2.79. The zero-order chi connectivity index (χ0) is 22.9. The standard InChI is InChI=1S/C21H20F4N4O2S/c22-7-14-6-21(12(9-31-14)10-32-20(26)29-21)15-5-13(2-3-16(15)23)28-19(30)17-4-1-11(8-27-17)18(24)25/h1-5,8,12,14,18H,6-7,9-10H2,(H2,26,29)(H,28,30)/t12-,14+,21-/m0/s1. The van der Waals surface area contributed by atoms with Gasteiger partial charge in [-0.25, -0.2) is 17.6 Å². The molecule has 1 fully saturated rings. The molecule has 3 atom stereocenters. The third kappa shape index (κ3) is 4.31. The van der Waals surface area contributed by atoms with Crippen molar-refractivity contribution in [3.05, 3.63) is 59.2 Å². The van der Waals surface area contributed by atoms with Crippen molar-refractivity contribution in [3.63, 3.8) is 0 Å². The molecule has 0 radical (unpaired) electrons. The molecular weight excluding hydrogens is 448 g/mol. The first-order valence-electron chi connectivity index (χ1n) is 9.83. The summed E-state index contributed by atoms with van der Waals surface area (Å²) in [7, 11) is 0. The Morgan fingerprint density at radius 2 is 2.16 bits per heavy atom. The Kier molecular flexibility index (Phi) is 6.38. The molecule has 1 saturated heterocycles. The summed E-state index contributed by atoms with van der Waals surface area (Å²) >= 11 is 1.33. The second kappa shape index (κ2) is 9.07. The van der Waals surface area contributed by atoms with Crippen LogP contribution in [-0.2, 0) is 10.3 Å². The number of fused-ring (bicyclic) bond motifs is 1. The maximum Gasteiger partial charge on any atom is 0.274 e. The number of nitrogens with one attached hydrogen (secondary N) is 1. The summed E-state index contributed by atoms with van der Waals surface area (Å²) in [5, 5.41) is 2.87. The van der Waals surface area contributed by atoms with E-state index < -0.39 is 36.5 Å². The van der Waals surface area contributed by atoms with Crippen LogP contribution in [0.4, 0.5) is 23.2 Å². The normalized spacial score (nSPS) is 25.2. The zero-order valence-corrected chi connectivity index (χ0v) is 17.5. The van der Waals surface area contributed by atoms with Crippen LogP contribution in [-0.4, -0.2) is 41.2 Å². The number of nitrogens with two attached hydrogens (primary N) is 1. The lowest BCUT2D eigenvalue weighted by molar-refractivity contribution is -0.0620. The highest BCUT2D eigenvalue weighted by Crippen LogP contribution is 2.48. The number of hydrogen-bond donors (Lipinski definition) is 2. The minimum Gasteiger partial charge on any atom is -0.379 e. The summed E-state index contributed by atoms with van der Waals surface area (Å²) in [5.74, 6) is -0.902. The van der Waals surface area contributed by atoms with E-state index in [1.165, 1.54) is 36.0 Å². The van der Waals surface area contributed by atoms with Gasteiger partial charge in [-0.2, -0.15) is 0 Å². The molecule has 0 bridgehead atoms. The van der Waals surface area contributed by atoms with Crippen molar-refractivity contribution in [3.8, 4) is 0 Å². The van der Waals surface area contributed by atoms with Crippen molar-refractivity contribution < 1.29 is 27.1 Å². The van der Waals surface area contributed by atoms with E-state index in [1.54, 1.807) is 0 Å². The van der Waals surface area contributed by atoms with Gasteiger partial charge in [0.25, 0.3) is 12.3 Å². The smallest absolute Gasteiger partial charge is 0.274 e. The van der Waals surface area contributed by atoms with Crippen molar-refractivity contribution in [2.24, 2.45) is 16.6 Å². The summed E-state index contributed by atoms with van der Waals surface area (Å²) in [6, 6.07) is 6.30. The van der Waals surface area contributed by atoms with E-state index in [4.69, 9.17) is 10.5 Å². The average molecular weight is 468 g/mol. The number of nitrogens with zero attached hydrogens (tertiary/aromatic N) is 2. The highest BCUT2D eigenvalue weighted by Gasteiger charge is 2.49. The molecule has 0 saturated carbocycles. The molecule has 11 heteroatoms. The van der Waals surface area contributed by atoms with Crippen molar-refractivity contribution >= 4 is 28.5 Å². The molecule has 1 aromatic carbocycles. The number of rotatable bonds is 5. The van der Waals surface area contributed by atoms with Crippen LogP contribution >= 0.6 is 11.8 Å². The molecule has 3 N–H and O–H groups in total. The Hall–Kier alpha value is -2.66. The summed E-state index contributed by atoms with van der Waals surface area (Å²) < 4.78 is 59.4. The van der Waals surface area contributed by atoms with Crippen molar-refractivity contribution in [1.29, 1.82) is 0 Å². The maximum absolute atomic E-state index is 15.0. The lowest BCUT2D eigenvalue weighted by Crippen LogP contribution is -2.50. The number of aromatic nitrogens is 1. The van der Waals surface area contributed by atoms with Gasteiger partial charge in [0.2, 0.25) is 0 Å². The van der Waals surface area contributed by atoms with E-state index in [9.17, 15) is 18.0 Å². The van der Waals surface area contributed by atoms with Crippen LogP contribution in [0.25, 0.3) is 0 Å². The Balaban J connectivity index is 1.66. The predicted octanol–water partition coefficient (Wildman–Crippen LogP) is 4.04. The van der Waals surface area contributed by atoms with E-state index in [-0.39, 0.29) is 46.6 Å². The molecule has 3 heterocycles. The van der Waals surface area contributed by atoms with E-state index >= 15 is 4.39 Å². The van der Waals surface area contributed by atoms with Gasteiger partial charge in [-0.15, -0.1) is 0 Å². The van der Waals surface area contributed by atoms with Gasteiger partial charge in [0.1, 0.15) is 18.2 Å². The Morgan fingerprint density at radius 1 is 1.34 bits per heavy atom. The molecule has 2 aliphatic rings. The fourth-order valence-corrected chi connectivity index (χ4v) is 4.96. The van der Waals surface area contributed by atoms with Gasteiger partial charge in [-0.3, -0.25) is 14.8 Å². The third-order valence-electron chi connectivity index (χ3n) is 5.62. The summed E-state index contributed by atoms with van der Waals surface area (Å²) in [5.41, 5.74) is 4.91. The van der Waals surface area contributed by atoms with E-state index in [0.29, 0.717) is 5.75 Å². The van der Waals surface area contributed by atoms with Crippen molar-refractivity contribution in [2.75, 3.05) is 24.4 Å². The molecule has 6 nitrogen and oxygen atoms in total. The second-order valence-electron chi connectivity index (χ2n) is 7.62. The van der Waals surface area contributed by atoms with Gasteiger partial charge >= 0.3 is 0 Å². The number of hydrogen-bond acceptors (Lipinski definition) is 6. The molecule has 1 aromatic heterocycles. The summed E-state index contributed by atoms with van der Waals surface area (Å²) in [6.07, 6.45) is -2.41. The number of alkyl halides is 3. The van der Waals surface area contributed by atoms with Crippen LogP contribution in [0.5, 0.6) is 0 Å². The van der Waals surface area contributed by atoms with Gasteiger partial charge < -0.3 is 15.8 Å². The fourth-order valence-electron chi connectivity index (χ4n) is 3.99. The van der Waals surface area contributed by atoms with Crippen LogP contribution < -0.4 is 11.1 Å². The van der Waals surface area contributed by atoms with Gasteiger partial charge in [0.05, 0.1) is 18.2 Å². The topological polar surface area (TPSA) is 89.6 Å². The third-order valence-corrected chi connectivity index (χ3v) is 6.58. The highest BCUT2D eigenvalue weighted by atomic mass is 32.2. The first-order chi connectivity index (χ1) is 15.3. The molecule has 32 heavy (non-hydrogen) atoms. The molecule has 0 unspecified atom stereocenters. The number of aliphatic imine (C=N–C) groups is 1. The fraction of sp³-hybridized carbons (Fsp3) is 0.381. The summed E-state index contributed by atoms with van der Waals surface area (Å²) in [4.78, 5) is 20.8. The number of carbonyl (C=O) groups is 1. The van der Waals surface area contributed by atoms with Gasteiger partial charge in [-0.1, -0.05) is 11.8 Å². The van der Waals surface area contributed by atoms with E-state index in [1.807, 2.05) is 0 Å². The lowest BCUT2D eigenvalue weighted by atomic mass is 9.73. The number of benzene rings is 1. The number of pyridine rings is 1. The van der Waals surface area contributed by atoms with Crippen LogP contribution in [0.15, 0.2) is 41.5 Å². The molecule has 0 aliphatic carbocycles. The summed E-state index contributed by atoms with van der Waals surface area (Å²) in [6.45, 7) is -0.538. The molecule has 4 rings (SSSR count). The minimum absolute atomic E-state index is 0.0730. The molecule has 1 amide bonds. The highest BCUT2D eigenvalue weighted by molar-refractivity contribution is 8.13. The number of carbonyl (C=O) groups excluding carboxylic acids is 1. The molecular formula is C21H20F4N4O2S. The molecule has 170 valence electrons. The predicted molar refractivity (Wildman–Crippen MR) is 113 cm³/mol. The first kappa shape index (κ1) is 22.5. The zero-order valence-electron chi connectivity index (χ0n) is 16.7. The minimum atomic E-state index is -2.69. The number of ether oxygens (including phenoxy) is 1. The van der Waals surface area contributed by atoms with Crippen LogP contribution in [0, 0.1) is 11.7 Å². The Labute approximate surface area is 185 Å². The quantitative estimate of drug-likeness (QED) is 0.647. The largest absolute Gasteiger partial charge is 0.379 e. The number of anilines is 1. The van der Waals surface area contributed by atoms with Gasteiger partial charge in [-0.05, 0) is 30.3 Å². The lowest BCUT2D eigenvalue weighted by Gasteiger charge is -2.46. The van der Waals surface area contributed by atoms with E-state index in [0.717, 1.165) is 12.3 Å². The molecule has 2 aliphatic heterocycles. The SMILES string of the molecule is NC1=N[C@@]2(c3cc(NC(=O)c4ccc(C(F)F)cn4)ccc3F)C[C@H](CF)OC[C@H]2CS1. The monoisotopic (exact) mass is 468 g/mol. The maximum atomic E-state index is 15.0. The molecule has 0 spiro atoms. The van der Waals surface area contributed by atoms with Crippen molar-refractivity contribution in [1.82, 2.24) is 4.98 Å². The number of thioether (sulfide) groups is 1. The number of halogens is 4. The second-order valence-corrected chi connectivity index (χ2v) is 8.66. The van der Waals surface area contributed by atoms with Gasteiger partial charge in [0.15, 0.2) is 5.17 Å². The number of amides is 1.